The molecule has 0 atom stereocenters. The maximum absolute atomic E-state index is 11.0. The van der Waals surface area contributed by atoms with Crippen molar-refractivity contribution in [3.8, 4) is 11.4 Å². The largest absolute Gasteiger partial charge is 0.804 e. The highest BCUT2D eigenvalue weighted by atomic mass is 16.5. The van der Waals surface area contributed by atoms with Crippen LogP contribution in [0.3, 0.4) is 0 Å². The third-order valence-corrected chi connectivity index (χ3v) is 1.48. The molecule has 0 aliphatic carbocycles. The van der Waals surface area contributed by atoms with Gasteiger partial charge in [-0.1, -0.05) is 0 Å². The summed E-state index contributed by atoms with van der Waals surface area (Å²) in [6, 6.07) is 1.46. The van der Waals surface area contributed by atoms with Gasteiger partial charge in [0.25, 0.3) is 0 Å². The Morgan fingerprint density at radius 1 is 1.58 bits per heavy atom. The Hall–Kier alpha value is -1.98. The summed E-state index contributed by atoms with van der Waals surface area (Å²) >= 11 is 0. The van der Waals surface area contributed by atoms with Gasteiger partial charge in [0.05, 0.1) is 11.2 Å². The van der Waals surface area contributed by atoms with Gasteiger partial charge < -0.3 is 9.94 Å². The minimum Gasteiger partial charge on any atom is -0.804 e. The van der Waals surface area contributed by atoms with E-state index in [1.54, 1.807) is 0 Å². The molecule has 0 amide bonds. The van der Waals surface area contributed by atoms with Crippen LogP contribution in [0.1, 0.15) is 0 Å². The normalized spacial score (nSPS) is 10.3. The quantitative estimate of drug-likeness (QED) is 0.498. The van der Waals surface area contributed by atoms with Crippen molar-refractivity contribution in [3.05, 3.63) is 34.9 Å². The van der Waals surface area contributed by atoms with E-state index in [0.29, 0.717) is 9.27 Å². The zero-order valence-corrected chi connectivity index (χ0v) is 5.91. The molecule has 12 heavy (non-hydrogen) atoms. The maximum Gasteiger partial charge on any atom is 0.336 e. The van der Waals surface area contributed by atoms with Crippen LogP contribution in [0.25, 0.3) is 11.4 Å². The predicted octanol–water partition coefficient (Wildman–Crippen LogP) is -0.357. The number of rotatable bonds is 0. The Kier molecular flexibility index (Phi) is 1.26. The van der Waals surface area contributed by atoms with Crippen molar-refractivity contribution in [2.75, 3.05) is 0 Å². The van der Waals surface area contributed by atoms with Crippen LogP contribution >= 0.6 is 0 Å². The topological polar surface area (TPSA) is 76.7 Å². The van der Waals surface area contributed by atoms with Gasteiger partial charge in [0.2, 0.25) is 0 Å². The molecule has 2 rings (SSSR count). The molecule has 0 bridgehead atoms. The Labute approximate surface area is 66.6 Å². The van der Waals surface area contributed by atoms with Gasteiger partial charge in [-0.3, -0.25) is 0 Å². The third kappa shape index (κ3) is 0.815. The highest BCUT2D eigenvalue weighted by molar-refractivity contribution is 5.49. The predicted molar refractivity (Wildman–Crippen MR) is 38.8 cm³/mol. The molecule has 6 nitrogen and oxygen atoms in total. The molecule has 0 unspecified atom stereocenters. The highest BCUT2D eigenvalue weighted by Crippen LogP contribution is 2.11. The summed E-state index contributed by atoms with van der Waals surface area (Å²) in [5.74, 6) is 0. The first-order valence-electron chi connectivity index (χ1n) is 3.21. The third-order valence-electron chi connectivity index (χ3n) is 1.48. The molecule has 0 aromatic heterocycles. The first kappa shape index (κ1) is 6.71. The first-order valence-corrected chi connectivity index (χ1v) is 3.21. The molecule has 0 aromatic rings. The standard InChI is InChI=1S/C6H4N4O2/c11-9-4-7-3-6-5(9)1-2-8-10(6)12/h1-4H. The average molecular weight is 164 g/mol. The first-order chi connectivity index (χ1) is 5.79. The fraction of sp³-hybridized carbons (Fsp3) is 0. The number of aromatic nitrogens is 4. The molecular weight excluding hydrogens is 160 g/mol. The van der Waals surface area contributed by atoms with Crippen LogP contribution in [0.4, 0.5) is 0 Å². The van der Waals surface area contributed by atoms with Crippen molar-refractivity contribution in [1.82, 2.24) is 14.8 Å². The second-order valence-corrected chi connectivity index (χ2v) is 2.19. The number of fused-ring (bicyclic) bond motifs is 1. The molecular formula is C6H4N4O2. The smallest absolute Gasteiger partial charge is 0.336 e. The molecule has 0 saturated carbocycles. The van der Waals surface area contributed by atoms with Crippen molar-refractivity contribution < 1.29 is 4.54 Å². The van der Waals surface area contributed by atoms with Crippen molar-refractivity contribution in [1.29, 1.82) is 0 Å². The van der Waals surface area contributed by atoms with Crippen molar-refractivity contribution in [2.24, 2.45) is 0 Å². The molecule has 2 heterocycles. The SMILES string of the molecule is O=[n+]1nccc2n([O-])cncc1-2. The molecule has 0 aromatic carbocycles. The fourth-order valence-electron chi connectivity index (χ4n) is 0.939. The molecule has 0 N–H and O–H groups in total. The summed E-state index contributed by atoms with van der Waals surface area (Å²) in [6.45, 7) is 0. The van der Waals surface area contributed by atoms with Gasteiger partial charge >= 0.3 is 5.69 Å². The van der Waals surface area contributed by atoms with E-state index >= 15 is 0 Å². The summed E-state index contributed by atoms with van der Waals surface area (Å²) in [5.41, 5.74) is 0.421. The van der Waals surface area contributed by atoms with Crippen molar-refractivity contribution >= 4 is 0 Å². The van der Waals surface area contributed by atoms with Crippen LogP contribution in [0.15, 0.2) is 24.8 Å². The second kappa shape index (κ2) is 2.26. The number of hydrogen-bond donors (Lipinski definition) is 0. The monoisotopic (exact) mass is 164 g/mol. The van der Waals surface area contributed by atoms with E-state index in [1.807, 2.05) is 0 Å². The van der Waals surface area contributed by atoms with Gasteiger partial charge in [-0.15, -0.1) is 0 Å². The van der Waals surface area contributed by atoms with Crippen LogP contribution in [0.5, 0.6) is 0 Å². The molecule has 0 spiro atoms. The van der Waals surface area contributed by atoms with E-state index < -0.39 is 0 Å². The van der Waals surface area contributed by atoms with E-state index in [9.17, 15) is 10.1 Å². The van der Waals surface area contributed by atoms with E-state index in [4.69, 9.17) is 0 Å². The van der Waals surface area contributed by atoms with E-state index in [1.165, 1.54) is 18.5 Å². The molecule has 2 aliphatic rings. The van der Waals surface area contributed by atoms with Gasteiger partial charge in [0, 0.05) is 5.10 Å². The van der Waals surface area contributed by atoms with Crippen LogP contribution in [0, 0.1) is 10.1 Å². The van der Waals surface area contributed by atoms with Gasteiger partial charge in [0.1, 0.15) is 18.1 Å². The van der Waals surface area contributed by atoms with Crippen molar-refractivity contribution in [2.45, 2.75) is 0 Å². The van der Waals surface area contributed by atoms with E-state index in [-0.39, 0.29) is 11.4 Å². The Morgan fingerprint density at radius 3 is 3.17 bits per heavy atom. The Balaban J connectivity index is 2.91. The zero-order valence-electron chi connectivity index (χ0n) is 5.91. The number of hydrogen-bond acceptors (Lipinski definition) is 4. The Morgan fingerprint density at radius 2 is 2.42 bits per heavy atom. The fourth-order valence-corrected chi connectivity index (χ4v) is 0.939. The minimum absolute atomic E-state index is 0.162. The Bertz CT molecular complexity index is 438. The van der Waals surface area contributed by atoms with Crippen LogP contribution in [-0.2, 0) is 0 Å². The molecule has 60 valence electrons. The zero-order chi connectivity index (χ0) is 8.55. The molecule has 0 saturated heterocycles. The van der Waals surface area contributed by atoms with Gasteiger partial charge in [-0.25, -0.2) is 4.98 Å². The lowest BCUT2D eigenvalue weighted by Gasteiger charge is -2.11. The lowest BCUT2D eigenvalue weighted by molar-refractivity contribution is -0.553. The molecule has 2 aliphatic heterocycles. The average Bonchev–Trinajstić information content (AvgIpc) is 2.07. The van der Waals surface area contributed by atoms with Crippen LogP contribution in [-0.4, -0.2) is 14.8 Å². The lowest BCUT2D eigenvalue weighted by atomic mass is 10.3. The molecule has 0 fully saturated rings. The lowest BCUT2D eigenvalue weighted by Crippen LogP contribution is -2.24. The maximum atomic E-state index is 11.0. The summed E-state index contributed by atoms with van der Waals surface area (Å²) in [5, 5.41) is 14.4. The van der Waals surface area contributed by atoms with Gasteiger partial charge in [-0.05, 0) is 6.07 Å². The summed E-state index contributed by atoms with van der Waals surface area (Å²) in [7, 11) is 0. The van der Waals surface area contributed by atoms with E-state index in [2.05, 4.69) is 10.1 Å². The van der Waals surface area contributed by atoms with E-state index in [0.717, 1.165) is 6.33 Å². The summed E-state index contributed by atoms with van der Waals surface area (Å²) in [4.78, 5) is 14.5. The molecule has 0 radical (unpaired) electrons. The summed E-state index contributed by atoms with van der Waals surface area (Å²) in [6.07, 6.45) is 3.65. The van der Waals surface area contributed by atoms with Gasteiger partial charge in [-0.2, -0.15) is 0 Å². The van der Waals surface area contributed by atoms with Crippen molar-refractivity contribution in [3.63, 3.8) is 0 Å². The second-order valence-electron chi connectivity index (χ2n) is 2.19. The van der Waals surface area contributed by atoms with Gasteiger partial charge in [0.15, 0.2) is 4.54 Å². The molecule has 6 heteroatoms. The highest BCUT2D eigenvalue weighted by Gasteiger charge is 2.15. The number of nitrogens with zero attached hydrogens (tertiary/aromatic N) is 4. The minimum atomic E-state index is 0.162. The van der Waals surface area contributed by atoms with Crippen LogP contribution in [0.2, 0.25) is 0 Å². The van der Waals surface area contributed by atoms with Crippen LogP contribution < -0.4 is 4.54 Å². The summed E-state index contributed by atoms with van der Waals surface area (Å²) < 4.78 is 0.877.